The quantitative estimate of drug-likeness (QED) is 0.431. The normalized spacial score (nSPS) is 15.9. The second-order valence-electron chi connectivity index (χ2n) is 7.83. The number of rotatable bonds is 6. The highest BCUT2D eigenvalue weighted by Gasteiger charge is 2.30. The fourth-order valence-corrected chi connectivity index (χ4v) is 5.03. The van der Waals surface area contributed by atoms with Crippen LogP contribution in [-0.2, 0) is 10.0 Å². The molecular weight excluding hydrogens is 444 g/mol. The summed E-state index contributed by atoms with van der Waals surface area (Å²) < 4.78 is 27.8. The molecule has 1 atom stereocenters. The van der Waals surface area contributed by atoms with Crippen LogP contribution < -0.4 is 4.72 Å². The number of hydrogen-bond acceptors (Lipinski definition) is 6. The summed E-state index contributed by atoms with van der Waals surface area (Å²) in [6, 6.07) is 13.7. The van der Waals surface area contributed by atoms with E-state index in [4.69, 9.17) is 0 Å². The summed E-state index contributed by atoms with van der Waals surface area (Å²) in [5.41, 5.74) is 1.83. The molecule has 2 aromatic carbocycles. The molecule has 1 aliphatic heterocycles. The lowest BCUT2D eigenvalue weighted by molar-refractivity contribution is -0.385. The lowest BCUT2D eigenvalue weighted by Crippen LogP contribution is -2.30. The number of nitro benzene ring substituents is 1. The molecule has 0 spiro atoms. The number of nitrogens with one attached hydrogen (secondary N) is 1. The molecule has 0 unspecified atom stereocenters. The zero-order valence-corrected chi connectivity index (χ0v) is 18.7. The van der Waals surface area contributed by atoms with E-state index in [-0.39, 0.29) is 28.2 Å². The maximum absolute atomic E-state index is 13.1. The molecule has 1 saturated heterocycles. The minimum Gasteiger partial charge on any atom is -0.332 e. The van der Waals surface area contributed by atoms with Gasteiger partial charge >= 0.3 is 0 Å². The van der Waals surface area contributed by atoms with Crippen LogP contribution in [0.3, 0.4) is 0 Å². The average molecular weight is 467 g/mol. The van der Waals surface area contributed by atoms with Crippen molar-refractivity contribution >= 4 is 27.3 Å². The number of likely N-dealkylation sites (tertiary alicyclic amines) is 1. The summed E-state index contributed by atoms with van der Waals surface area (Å²) in [7, 11) is -4.04. The van der Waals surface area contributed by atoms with E-state index in [9.17, 15) is 23.3 Å². The number of aromatic nitrogens is 1. The largest absolute Gasteiger partial charge is 0.332 e. The van der Waals surface area contributed by atoms with Gasteiger partial charge in [0.2, 0.25) is 0 Å². The summed E-state index contributed by atoms with van der Waals surface area (Å²) in [5, 5.41) is 11.1. The number of carbonyl (C=O) groups is 1. The van der Waals surface area contributed by atoms with E-state index >= 15 is 0 Å². The molecule has 1 amide bonds. The first-order valence-corrected chi connectivity index (χ1v) is 11.8. The standard InChI is InChI=1S/C23H22N4O5S/c1-16-4-9-20(15-22(16)27(29)30)33(31,32)25-19-7-5-18(6-8-19)23(28)26-14-2-3-21(26)17-10-12-24-13-11-17/h4-13,15,21,25H,2-3,14H2,1H3/t21-/m1/s1. The van der Waals surface area contributed by atoms with Gasteiger partial charge in [0.1, 0.15) is 0 Å². The first kappa shape index (κ1) is 22.4. The van der Waals surface area contributed by atoms with Crippen molar-refractivity contribution in [1.82, 2.24) is 9.88 Å². The fourth-order valence-electron chi connectivity index (χ4n) is 3.96. The Balaban J connectivity index is 1.51. The van der Waals surface area contributed by atoms with Gasteiger partial charge in [-0.3, -0.25) is 24.6 Å². The lowest BCUT2D eigenvalue weighted by Gasteiger charge is -2.25. The summed E-state index contributed by atoms with van der Waals surface area (Å²) in [6.07, 6.45) is 5.19. The maximum Gasteiger partial charge on any atom is 0.273 e. The third-order valence-corrected chi connectivity index (χ3v) is 7.06. The molecular formula is C23H22N4O5S. The molecule has 0 bridgehead atoms. The van der Waals surface area contributed by atoms with Gasteiger partial charge in [-0.15, -0.1) is 0 Å². The van der Waals surface area contributed by atoms with E-state index in [1.54, 1.807) is 24.5 Å². The number of nitrogens with zero attached hydrogens (tertiary/aromatic N) is 3. The molecule has 2 heterocycles. The highest BCUT2D eigenvalue weighted by Crippen LogP contribution is 2.33. The Morgan fingerprint density at radius 1 is 1.12 bits per heavy atom. The molecule has 170 valence electrons. The molecule has 1 aliphatic rings. The second kappa shape index (κ2) is 8.99. The van der Waals surface area contributed by atoms with Crippen LogP contribution in [0.25, 0.3) is 0 Å². The average Bonchev–Trinajstić information content (AvgIpc) is 3.29. The Hall–Kier alpha value is -3.79. The Morgan fingerprint density at radius 2 is 1.82 bits per heavy atom. The van der Waals surface area contributed by atoms with Crippen molar-refractivity contribution in [3.05, 3.63) is 93.8 Å². The van der Waals surface area contributed by atoms with Gasteiger partial charge in [0.05, 0.1) is 15.9 Å². The highest BCUT2D eigenvalue weighted by atomic mass is 32.2. The van der Waals surface area contributed by atoms with E-state index in [0.717, 1.165) is 24.5 Å². The molecule has 0 radical (unpaired) electrons. The minimum atomic E-state index is -4.04. The number of carbonyl (C=O) groups excluding carboxylic acids is 1. The van der Waals surface area contributed by atoms with Gasteiger partial charge in [0.15, 0.2) is 0 Å². The number of sulfonamides is 1. The van der Waals surface area contributed by atoms with Crippen LogP contribution in [0.15, 0.2) is 71.9 Å². The van der Waals surface area contributed by atoms with Gasteiger partial charge in [-0.25, -0.2) is 8.42 Å². The van der Waals surface area contributed by atoms with E-state index < -0.39 is 14.9 Å². The zero-order valence-electron chi connectivity index (χ0n) is 17.8. The van der Waals surface area contributed by atoms with Crippen molar-refractivity contribution in [2.45, 2.75) is 30.7 Å². The van der Waals surface area contributed by atoms with Gasteiger partial charge in [-0.1, -0.05) is 6.07 Å². The van der Waals surface area contributed by atoms with Crippen LogP contribution in [0.4, 0.5) is 11.4 Å². The summed E-state index contributed by atoms with van der Waals surface area (Å²) >= 11 is 0. The maximum atomic E-state index is 13.1. The van der Waals surface area contributed by atoms with Crippen molar-refractivity contribution in [3.8, 4) is 0 Å². The second-order valence-corrected chi connectivity index (χ2v) is 9.51. The summed E-state index contributed by atoms with van der Waals surface area (Å²) in [6.45, 7) is 2.18. The van der Waals surface area contributed by atoms with Crippen LogP contribution in [-0.4, -0.2) is 35.7 Å². The third-order valence-electron chi connectivity index (χ3n) is 5.68. The van der Waals surface area contributed by atoms with Gasteiger partial charge in [0, 0.05) is 41.8 Å². The van der Waals surface area contributed by atoms with Crippen LogP contribution in [0.5, 0.6) is 0 Å². The van der Waals surface area contributed by atoms with Crippen molar-refractivity contribution in [2.75, 3.05) is 11.3 Å². The first-order chi connectivity index (χ1) is 15.8. The molecule has 0 aliphatic carbocycles. The zero-order chi connectivity index (χ0) is 23.6. The number of benzene rings is 2. The van der Waals surface area contributed by atoms with Crippen LogP contribution in [0.1, 0.15) is 40.4 Å². The van der Waals surface area contributed by atoms with Crippen molar-refractivity contribution in [3.63, 3.8) is 0 Å². The highest BCUT2D eigenvalue weighted by molar-refractivity contribution is 7.92. The molecule has 3 aromatic rings. The van der Waals surface area contributed by atoms with Crippen LogP contribution >= 0.6 is 0 Å². The third kappa shape index (κ3) is 4.70. The van der Waals surface area contributed by atoms with Crippen molar-refractivity contribution < 1.29 is 18.1 Å². The predicted octanol–water partition coefficient (Wildman–Crippen LogP) is 4.08. The van der Waals surface area contributed by atoms with Gasteiger partial charge in [-0.2, -0.15) is 0 Å². The van der Waals surface area contributed by atoms with Crippen LogP contribution in [0, 0.1) is 17.0 Å². The van der Waals surface area contributed by atoms with Crippen molar-refractivity contribution in [2.24, 2.45) is 0 Å². The minimum absolute atomic E-state index is 0.0176. The van der Waals surface area contributed by atoms with E-state index in [2.05, 4.69) is 9.71 Å². The molecule has 0 saturated carbocycles. The Labute approximate surface area is 191 Å². The molecule has 1 fully saturated rings. The fraction of sp³-hybridized carbons (Fsp3) is 0.217. The Morgan fingerprint density at radius 3 is 2.48 bits per heavy atom. The monoisotopic (exact) mass is 466 g/mol. The molecule has 1 N–H and O–H groups in total. The number of hydrogen-bond donors (Lipinski definition) is 1. The first-order valence-electron chi connectivity index (χ1n) is 10.3. The Bertz CT molecular complexity index is 1290. The SMILES string of the molecule is Cc1ccc(S(=O)(=O)Nc2ccc(C(=O)N3CCC[C@@H]3c3ccncc3)cc2)cc1[N+](=O)[O-]. The molecule has 10 heteroatoms. The van der Waals surface area contributed by atoms with Gasteiger partial charge < -0.3 is 4.90 Å². The smallest absolute Gasteiger partial charge is 0.273 e. The molecule has 1 aromatic heterocycles. The predicted molar refractivity (Wildman–Crippen MR) is 122 cm³/mol. The topological polar surface area (TPSA) is 123 Å². The van der Waals surface area contributed by atoms with Gasteiger partial charge in [-0.05, 0) is 67.8 Å². The molecule has 33 heavy (non-hydrogen) atoms. The van der Waals surface area contributed by atoms with Crippen molar-refractivity contribution in [1.29, 1.82) is 0 Å². The number of pyridine rings is 1. The Kier molecular flexibility index (Phi) is 6.10. The van der Waals surface area contributed by atoms with E-state index in [0.29, 0.717) is 17.7 Å². The number of aryl methyl sites for hydroxylation is 1. The molecule has 4 rings (SSSR count). The van der Waals surface area contributed by atoms with Crippen LogP contribution in [0.2, 0.25) is 0 Å². The molecule has 9 nitrogen and oxygen atoms in total. The number of nitro groups is 1. The summed E-state index contributed by atoms with van der Waals surface area (Å²) in [5.74, 6) is -0.127. The van der Waals surface area contributed by atoms with Gasteiger partial charge in [0.25, 0.3) is 21.6 Å². The number of amides is 1. The lowest BCUT2D eigenvalue weighted by atomic mass is 10.1. The number of anilines is 1. The summed E-state index contributed by atoms with van der Waals surface area (Å²) in [4.78, 5) is 29.2. The van der Waals surface area contributed by atoms with E-state index in [1.165, 1.54) is 31.2 Å². The van der Waals surface area contributed by atoms with E-state index in [1.807, 2.05) is 17.0 Å².